The normalized spacial score (nSPS) is 39.0. The molecule has 2 atom stereocenters. The Kier molecular flexibility index (Phi) is 2.38. The zero-order chi connectivity index (χ0) is 6.85. The molecule has 0 aromatic heterocycles. The minimum atomic E-state index is 0.520. The van der Waals surface area contributed by atoms with Gasteiger partial charge < -0.3 is 10.3 Å². The van der Waals surface area contributed by atoms with Crippen molar-refractivity contribution in [3.63, 3.8) is 0 Å². The topological polar surface area (TPSA) is 26.3 Å². The van der Waals surface area contributed by atoms with E-state index in [4.69, 9.17) is 0 Å². The third kappa shape index (κ3) is 2.16. The second-order valence-corrected chi connectivity index (χ2v) is 4.49. The molecule has 0 N–H and O–H groups in total. The molecule has 0 spiro atoms. The molecule has 9 heavy (non-hydrogen) atoms. The first kappa shape index (κ1) is 7.38. The average Bonchev–Trinajstić information content (AvgIpc) is 1.59. The van der Waals surface area contributed by atoms with E-state index in [9.17, 15) is 5.21 Å². The Balaban J connectivity index is 2.34. The van der Waals surface area contributed by atoms with E-state index in [2.05, 4.69) is 13.8 Å². The lowest BCUT2D eigenvalue weighted by atomic mass is 10.4. The van der Waals surface area contributed by atoms with Crippen LogP contribution in [0.25, 0.3) is 0 Å². The number of rotatable bonds is 0. The lowest BCUT2D eigenvalue weighted by molar-refractivity contribution is 0.372. The van der Waals surface area contributed by atoms with Gasteiger partial charge in [0.2, 0.25) is 0 Å². The van der Waals surface area contributed by atoms with Crippen LogP contribution < -0.4 is 0 Å². The molecule has 0 radical (unpaired) electrons. The molecule has 0 bridgehead atoms. The molecule has 1 saturated heterocycles. The number of nitrogens with zero attached hydrogens (tertiary/aromatic N) is 1. The summed E-state index contributed by atoms with van der Waals surface area (Å²) in [6.45, 7) is 5.61. The molecule has 0 aromatic carbocycles. The second kappa shape index (κ2) is 2.90. The van der Waals surface area contributed by atoms with Crippen molar-refractivity contribution >= 4 is 11.8 Å². The summed E-state index contributed by atoms with van der Waals surface area (Å²) in [5, 5.41) is 13.0. The fourth-order valence-electron chi connectivity index (χ4n) is 1.13. The van der Waals surface area contributed by atoms with Crippen LogP contribution in [-0.2, 0) is 0 Å². The van der Waals surface area contributed by atoms with Crippen LogP contribution in [0.3, 0.4) is 0 Å². The molecular formula is C6H12NOS-. The first-order valence-corrected chi connectivity index (χ1v) is 4.20. The van der Waals surface area contributed by atoms with Crippen LogP contribution in [-0.4, -0.2) is 28.7 Å². The van der Waals surface area contributed by atoms with Gasteiger partial charge in [-0.25, -0.2) is 0 Å². The Labute approximate surface area is 60.2 Å². The molecule has 1 fully saturated rings. The van der Waals surface area contributed by atoms with E-state index >= 15 is 0 Å². The Hall–Kier alpha value is 0.270. The van der Waals surface area contributed by atoms with Crippen LogP contribution in [0.1, 0.15) is 13.8 Å². The van der Waals surface area contributed by atoms with Crippen LogP contribution in [0.5, 0.6) is 0 Å². The van der Waals surface area contributed by atoms with Crippen LogP contribution >= 0.6 is 11.8 Å². The van der Waals surface area contributed by atoms with E-state index in [0.29, 0.717) is 23.6 Å². The maximum Gasteiger partial charge on any atom is 0.0140 e. The van der Waals surface area contributed by atoms with Gasteiger partial charge in [-0.05, 0) is 13.1 Å². The van der Waals surface area contributed by atoms with Crippen molar-refractivity contribution in [3.8, 4) is 0 Å². The molecule has 0 saturated carbocycles. The van der Waals surface area contributed by atoms with Gasteiger partial charge in [0, 0.05) is 10.5 Å². The van der Waals surface area contributed by atoms with Gasteiger partial charge in [-0.1, -0.05) is 13.8 Å². The van der Waals surface area contributed by atoms with Gasteiger partial charge in [0.05, 0.1) is 0 Å². The SMILES string of the molecule is CC1CN([O-])CC(C)S1. The Bertz CT molecular complexity index is 74.0. The summed E-state index contributed by atoms with van der Waals surface area (Å²) in [5.74, 6) is 0. The summed E-state index contributed by atoms with van der Waals surface area (Å²) in [4.78, 5) is 0. The first-order valence-electron chi connectivity index (χ1n) is 3.26. The first-order chi connectivity index (χ1) is 4.18. The fourth-order valence-corrected chi connectivity index (χ4v) is 2.43. The van der Waals surface area contributed by atoms with E-state index in [1.54, 1.807) is 0 Å². The van der Waals surface area contributed by atoms with Crippen molar-refractivity contribution in [1.29, 1.82) is 0 Å². The largest absolute Gasteiger partial charge is 0.785 e. The monoisotopic (exact) mass is 146 g/mol. The maximum absolute atomic E-state index is 10.8. The van der Waals surface area contributed by atoms with Crippen LogP contribution in [0, 0.1) is 5.21 Å². The summed E-state index contributed by atoms with van der Waals surface area (Å²) in [6, 6.07) is 0. The molecule has 0 aliphatic carbocycles. The standard InChI is InChI=1S/C6H12NOS/c1-5-3-7(8)4-6(2)9-5/h5-6H,3-4H2,1-2H3/q-1. The maximum atomic E-state index is 10.8. The summed E-state index contributed by atoms with van der Waals surface area (Å²) >= 11 is 1.90. The van der Waals surface area contributed by atoms with E-state index in [-0.39, 0.29) is 0 Å². The van der Waals surface area contributed by atoms with Gasteiger partial charge in [0.15, 0.2) is 0 Å². The molecular weight excluding hydrogens is 134 g/mol. The summed E-state index contributed by atoms with van der Waals surface area (Å²) in [5.41, 5.74) is 0. The lowest BCUT2D eigenvalue weighted by Gasteiger charge is -2.38. The third-order valence-corrected chi connectivity index (χ3v) is 2.61. The summed E-state index contributed by atoms with van der Waals surface area (Å²) in [7, 11) is 0. The van der Waals surface area contributed by atoms with Crippen LogP contribution in [0.15, 0.2) is 0 Å². The Morgan fingerprint density at radius 1 is 1.33 bits per heavy atom. The average molecular weight is 146 g/mol. The van der Waals surface area contributed by atoms with Gasteiger partial charge >= 0.3 is 0 Å². The zero-order valence-corrected chi connectivity index (χ0v) is 6.65. The van der Waals surface area contributed by atoms with Crippen molar-refractivity contribution in [1.82, 2.24) is 5.06 Å². The van der Waals surface area contributed by atoms with Crippen molar-refractivity contribution in [3.05, 3.63) is 5.21 Å². The quantitative estimate of drug-likeness (QED) is 0.515. The number of thioether (sulfide) groups is 1. The summed E-state index contributed by atoms with van der Waals surface area (Å²) in [6.07, 6.45) is 0. The fraction of sp³-hybridized carbons (Fsp3) is 1.00. The highest BCUT2D eigenvalue weighted by molar-refractivity contribution is 8.00. The molecule has 1 rings (SSSR count). The predicted molar refractivity (Wildman–Crippen MR) is 41.5 cm³/mol. The molecule has 3 heteroatoms. The summed E-state index contributed by atoms with van der Waals surface area (Å²) < 4.78 is 0. The molecule has 54 valence electrons. The van der Waals surface area contributed by atoms with E-state index in [1.807, 2.05) is 11.8 Å². The highest BCUT2D eigenvalue weighted by Crippen LogP contribution is 2.23. The van der Waals surface area contributed by atoms with Crippen LogP contribution in [0.2, 0.25) is 0 Å². The van der Waals surface area contributed by atoms with Crippen molar-refractivity contribution in [2.75, 3.05) is 13.1 Å². The molecule has 2 unspecified atom stereocenters. The van der Waals surface area contributed by atoms with E-state index in [0.717, 1.165) is 5.06 Å². The molecule has 1 aliphatic heterocycles. The second-order valence-electron chi connectivity index (χ2n) is 2.60. The van der Waals surface area contributed by atoms with Gasteiger partial charge in [-0.15, -0.1) is 0 Å². The number of hydroxylamine groups is 2. The van der Waals surface area contributed by atoms with Gasteiger partial charge in [-0.2, -0.15) is 11.8 Å². The molecule has 1 aliphatic rings. The minimum absolute atomic E-state index is 0.520. The van der Waals surface area contributed by atoms with Crippen molar-refractivity contribution in [2.45, 2.75) is 24.3 Å². The highest BCUT2D eigenvalue weighted by Gasteiger charge is 2.15. The Morgan fingerprint density at radius 3 is 2.11 bits per heavy atom. The molecule has 1 heterocycles. The Morgan fingerprint density at radius 2 is 1.78 bits per heavy atom. The van der Waals surface area contributed by atoms with Crippen molar-refractivity contribution in [2.24, 2.45) is 0 Å². The molecule has 0 aromatic rings. The molecule has 2 nitrogen and oxygen atoms in total. The van der Waals surface area contributed by atoms with Gasteiger partial charge in [0.1, 0.15) is 0 Å². The number of hydrogen-bond donors (Lipinski definition) is 0. The smallest absolute Gasteiger partial charge is 0.0140 e. The van der Waals surface area contributed by atoms with Gasteiger partial charge in [0.25, 0.3) is 0 Å². The van der Waals surface area contributed by atoms with Crippen LogP contribution in [0.4, 0.5) is 0 Å². The van der Waals surface area contributed by atoms with Crippen molar-refractivity contribution < 1.29 is 0 Å². The third-order valence-electron chi connectivity index (χ3n) is 1.39. The van der Waals surface area contributed by atoms with E-state index in [1.165, 1.54) is 0 Å². The minimum Gasteiger partial charge on any atom is -0.785 e. The predicted octanol–water partition coefficient (Wildman–Crippen LogP) is 1.31. The zero-order valence-electron chi connectivity index (χ0n) is 5.83. The number of hydrogen-bond acceptors (Lipinski definition) is 3. The van der Waals surface area contributed by atoms with E-state index < -0.39 is 0 Å². The lowest BCUT2D eigenvalue weighted by Crippen LogP contribution is -2.36. The highest BCUT2D eigenvalue weighted by atomic mass is 32.2. The molecule has 0 amide bonds. The van der Waals surface area contributed by atoms with Gasteiger partial charge in [-0.3, -0.25) is 0 Å².